The first-order valence-corrected chi connectivity index (χ1v) is 9.63. The Morgan fingerprint density at radius 3 is 2.22 bits per heavy atom. The second-order valence-electron chi connectivity index (χ2n) is 6.34. The van der Waals surface area contributed by atoms with Crippen molar-refractivity contribution >= 4 is 35.6 Å². The molecule has 156 valence electrons. The Kier molecular flexibility index (Phi) is 16.4. The Morgan fingerprint density at radius 2 is 1.67 bits per heavy atom. The van der Waals surface area contributed by atoms with Crippen LogP contribution in [0.25, 0.3) is 0 Å². The predicted molar refractivity (Wildman–Crippen MR) is 128 cm³/mol. The lowest BCUT2D eigenvalue weighted by Gasteiger charge is -2.23. The number of aliphatic imine (C=N–C) groups is 1. The first kappa shape index (κ1) is 25.9. The number of hydrogen-bond donors (Lipinski definition) is 2. The molecule has 0 amide bonds. The van der Waals surface area contributed by atoms with Crippen LogP contribution in [0.1, 0.15) is 19.8 Å². The van der Waals surface area contributed by atoms with Crippen LogP contribution < -0.4 is 15.5 Å². The highest BCUT2D eigenvalue weighted by atomic mass is 127. The first-order chi connectivity index (χ1) is 12.7. The molecule has 1 aromatic rings. The van der Waals surface area contributed by atoms with E-state index in [1.165, 1.54) is 5.69 Å². The largest absolute Gasteiger partial charge is 0.383 e. The van der Waals surface area contributed by atoms with E-state index in [-0.39, 0.29) is 24.0 Å². The summed E-state index contributed by atoms with van der Waals surface area (Å²) in [5.74, 6) is 0.882. The molecule has 0 atom stereocenters. The summed E-state index contributed by atoms with van der Waals surface area (Å²) < 4.78 is 5.09. The van der Waals surface area contributed by atoms with Gasteiger partial charge in [0.15, 0.2) is 5.96 Å². The van der Waals surface area contributed by atoms with Crippen molar-refractivity contribution in [1.82, 2.24) is 15.5 Å². The van der Waals surface area contributed by atoms with Gasteiger partial charge in [0.1, 0.15) is 0 Å². The second kappa shape index (κ2) is 17.1. The highest BCUT2D eigenvalue weighted by molar-refractivity contribution is 14.0. The van der Waals surface area contributed by atoms with E-state index in [1.54, 1.807) is 7.11 Å². The van der Waals surface area contributed by atoms with E-state index in [9.17, 15) is 0 Å². The standard InChI is InChI=1S/C20H37N5O.HI/c1-5-25(19-11-7-6-8-12-19)16-10-14-23-20(21-2)22-13-9-15-24(3)17-18-26-4;/h6-8,11-12H,5,9-10,13-18H2,1-4H3,(H2,21,22,23);1H. The smallest absolute Gasteiger partial charge is 0.190 e. The molecule has 0 aliphatic carbocycles. The SMILES string of the molecule is CCN(CCCNC(=NC)NCCCN(C)CCOC)c1ccccc1.I. The van der Waals surface area contributed by atoms with Gasteiger partial charge in [-0.05, 0) is 45.5 Å². The lowest BCUT2D eigenvalue weighted by Crippen LogP contribution is -2.40. The van der Waals surface area contributed by atoms with Crippen molar-refractivity contribution in [1.29, 1.82) is 0 Å². The third-order valence-electron chi connectivity index (χ3n) is 4.31. The number of rotatable bonds is 13. The summed E-state index contributed by atoms with van der Waals surface area (Å²) in [6, 6.07) is 10.6. The van der Waals surface area contributed by atoms with Crippen molar-refractivity contribution in [3.8, 4) is 0 Å². The minimum Gasteiger partial charge on any atom is -0.383 e. The van der Waals surface area contributed by atoms with E-state index in [0.717, 1.165) is 64.7 Å². The Bertz CT molecular complexity index is 487. The molecule has 0 heterocycles. The van der Waals surface area contributed by atoms with E-state index in [0.29, 0.717) is 0 Å². The zero-order valence-corrected chi connectivity index (χ0v) is 19.7. The number of methoxy groups -OCH3 is 1. The number of guanidine groups is 1. The van der Waals surface area contributed by atoms with Crippen LogP contribution in [0.3, 0.4) is 0 Å². The zero-order chi connectivity index (χ0) is 19.0. The lowest BCUT2D eigenvalue weighted by molar-refractivity contribution is 0.161. The maximum Gasteiger partial charge on any atom is 0.190 e. The molecule has 6 nitrogen and oxygen atoms in total. The van der Waals surface area contributed by atoms with E-state index in [1.807, 2.05) is 7.05 Å². The van der Waals surface area contributed by atoms with E-state index in [4.69, 9.17) is 4.74 Å². The Hall–Kier alpha value is -1.06. The fourth-order valence-electron chi connectivity index (χ4n) is 2.72. The van der Waals surface area contributed by atoms with Crippen molar-refractivity contribution in [2.24, 2.45) is 4.99 Å². The average Bonchev–Trinajstić information content (AvgIpc) is 2.68. The number of anilines is 1. The molecule has 0 saturated carbocycles. The van der Waals surface area contributed by atoms with Crippen LogP contribution in [0.5, 0.6) is 0 Å². The summed E-state index contributed by atoms with van der Waals surface area (Å²) >= 11 is 0. The highest BCUT2D eigenvalue weighted by Gasteiger charge is 2.04. The van der Waals surface area contributed by atoms with Gasteiger partial charge in [0.2, 0.25) is 0 Å². The van der Waals surface area contributed by atoms with Crippen LogP contribution in [-0.4, -0.2) is 77.9 Å². The van der Waals surface area contributed by atoms with Gasteiger partial charge in [0, 0.05) is 52.6 Å². The van der Waals surface area contributed by atoms with Crippen LogP contribution in [-0.2, 0) is 4.74 Å². The van der Waals surface area contributed by atoms with Crippen molar-refractivity contribution < 1.29 is 4.74 Å². The fraction of sp³-hybridized carbons (Fsp3) is 0.650. The number of ether oxygens (including phenoxy) is 1. The molecule has 7 heteroatoms. The van der Waals surface area contributed by atoms with E-state index in [2.05, 4.69) is 69.7 Å². The molecule has 0 unspecified atom stereocenters. The molecule has 0 aromatic heterocycles. The molecule has 2 N–H and O–H groups in total. The normalized spacial score (nSPS) is 11.2. The van der Waals surface area contributed by atoms with Gasteiger partial charge in [-0.25, -0.2) is 0 Å². The maximum atomic E-state index is 5.09. The van der Waals surface area contributed by atoms with Gasteiger partial charge in [-0.1, -0.05) is 18.2 Å². The highest BCUT2D eigenvalue weighted by Crippen LogP contribution is 2.12. The molecule has 0 fully saturated rings. The molecule has 0 saturated heterocycles. The summed E-state index contributed by atoms with van der Waals surface area (Å²) in [7, 11) is 5.69. The molecule has 1 rings (SSSR count). The van der Waals surface area contributed by atoms with E-state index >= 15 is 0 Å². The van der Waals surface area contributed by atoms with Crippen LogP contribution in [0.2, 0.25) is 0 Å². The summed E-state index contributed by atoms with van der Waals surface area (Å²) in [6.45, 7) is 8.89. The summed E-state index contributed by atoms with van der Waals surface area (Å²) in [6.07, 6.45) is 2.15. The minimum absolute atomic E-state index is 0. The van der Waals surface area contributed by atoms with Crippen molar-refractivity contribution in [3.05, 3.63) is 30.3 Å². The van der Waals surface area contributed by atoms with Gasteiger partial charge < -0.3 is 25.2 Å². The molecule has 1 aromatic carbocycles. The maximum absolute atomic E-state index is 5.09. The molecular weight excluding hydrogens is 453 g/mol. The van der Waals surface area contributed by atoms with Crippen LogP contribution in [0.15, 0.2) is 35.3 Å². The third-order valence-corrected chi connectivity index (χ3v) is 4.31. The summed E-state index contributed by atoms with van der Waals surface area (Å²) in [4.78, 5) is 8.98. The van der Waals surface area contributed by atoms with Gasteiger partial charge in [0.05, 0.1) is 6.61 Å². The average molecular weight is 491 g/mol. The molecule has 0 spiro atoms. The predicted octanol–water partition coefficient (Wildman–Crippen LogP) is 2.65. The van der Waals surface area contributed by atoms with Crippen molar-refractivity contribution in [3.63, 3.8) is 0 Å². The molecule has 0 aliphatic rings. The zero-order valence-electron chi connectivity index (χ0n) is 17.4. The topological polar surface area (TPSA) is 52.1 Å². The van der Waals surface area contributed by atoms with Crippen LogP contribution in [0.4, 0.5) is 5.69 Å². The monoisotopic (exact) mass is 491 g/mol. The number of hydrogen-bond acceptors (Lipinski definition) is 4. The van der Waals surface area contributed by atoms with E-state index < -0.39 is 0 Å². The molecular formula is C20H38IN5O. The van der Waals surface area contributed by atoms with Gasteiger partial charge in [-0.15, -0.1) is 24.0 Å². The Morgan fingerprint density at radius 1 is 1.04 bits per heavy atom. The number of likely N-dealkylation sites (N-methyl/N-ethyl adjacent to an activating group) is 1. The van der Waals surface area contributed by atoms with Gasteiger partial charge >= 0.3 is 0 Å². The number of halogens is 1. The quantitative estimate of drug-likeness (QED) is 0.192. The van der Waals surface area contributed by atoms with Gasteiger partial charge in [-0.3, -0.25) is 4.99 Å². The Labute approximate surface area is 182 Å². The first-order valence-electron chi connectivity index (χ1n) is 9.63. The second-order valence-corrected chi connectivity index (χ2v) is 6.34. The van der Waals surface area contributed by atoms with Crippen molar-refractivity contribution in [2.45, 2.75) is 19.8 Å². The fourth-order valence-corrected chi connectivity index (χ4v) is 2.72. The van der Waals surface area contributed by atoms with Gasteiger partial charge in [-0.2, -0.15) is 0 Å². The van der Waals surface area contributed by atoms with Crippen molar-refractivity contribution in [2.75, 3.05) is 72.0 Å². The Balaban J connectivity index is 0.00000676. The molecule has 0 radical (unpaired) electrons. The minimum atomic E-state index is 0. The van der Waals surface area contributed by atoms with Crippen LogP contribution in [0, 0.1) is 0 Å². The molecule has 27 heavy (non-hydrogen) atoms. The molecule has 0 bridgehead atoms. The number of nitrogens with one attached hydrogen (secondary N) is 2. The number of nitrogens with zero attached hydrogens (tertiary/aromatic N) is 3. The van der Waals surface area contributed by atoms with Crippen LogP contribution >= 0.6 is 24.0 Å². The molecule has 0 aliphatic heterocycles. The lowest BCUT2D eigenvalue weighted by atomic mass is 10.2. The number of benzene rings is 1. The summed E-state index contributed by atoms with van der Waals surface area (Å²) in [5, 5.41) is 6.78. The third kappa shape index (κ3) is 12.1. The summed E-state index contributed by atoms with van der Waals surface area (Å²) in [5.41, 5.74) is 1.29. The van der Waals surface area contributed by atoms with Gasteiger partial charge in [0.25, 0.3) is 0 Å². The number of para-hydroxylation sites is 1.